The standard InChI is InChI=1S/C21H16O2/c22-21-16-8-9-17(21)20(12-16)23-19-7-3-6-15-10-13-4-1-2-5-14(13)11-18(15)19/h1-11,16-17,20H,12H2. The van der Waals surface area contributed by atoms with Gasteiger partial charge in [0.25, 0.3) is 0 Å². The highest BCUT2D eigenvalue weighted by atomic mass is 16.5. The summed E-state index contributed by atoms with van der Waals surface area (Å²) < 4.78 is 6.27. The number of Topliss-reactive ketones (excluding diaryl/α,β-unsaturated/α-hetero) is 1. The third kappa shape index (κ3) is 1.91. The first-order valence-corrected chi connectivity index (χ1v) is 8.10. The SMILES string of the molecule is O=C1C2C=CC1C(Oc1cccc3cc4ccccc4cc13)C2. The molecule has 3 aromatic rings. The van der Waals surface area contributed by atoms with Gasteiger partial charge in [0.2, 0.25) is 0 Å². The van der Waals surface area contributed by atoms with E-state index in [1.165, 1.54) is 16.2 Å². The van der Waals surface area contributed by atoms with Crippen molar-refractivity contribution >= 4 is 27.3 Å². The van der Waals surface area contributed by atoms with E-state index >= 15 is 0 Å². The lowest BCUT2D eigenvalue weighted by atomic mass is 10.0. The van der Waals surface area contributed by atoms with Crippen LogP contribution in [0, 0.1) is 11.8 Å². The van der Waals surface area contributed by atoms with Gasteiger partial charge in [0.05, 0.1) is 5.92 Å². The van der Waals surface area contributed by atoms with E-state index in [1.54, 1.807) is 0 Å². The summed E-state index contributed by atoms with van der Waals surface area (Å²) >= 11 is 0. The second kappa shape index (κ2) is 4.69. The summed E-state index contributed by atoms with van der Waals surface area (Å²) in [6, 6.07) is 18.9. The molecule has 5 rings (SSSR count). The van der Waals surface area contributed by atoms with E-state index < -0.39 is 0 Å². The van der Waals surface area contributed by atoms with Crippen molar-refractivity contribution in [2.24, 2.45) is 11.8 Å². The van der Waals surface area contributed by atoms with Crippen LogP contribution in [-0.2, 0) is 4.79 Å². The number of hydrogen-bond acceptors (Lipinski definition) is 2. The molecule has 23 heavy (non-hydrogen) atoms. The fourth-order valence-electron chi connectivity index (χ4n) is 3.91. The average molecular weight is 300 g/mol. The van der Waals surface area contributed by atoms with Crippen molar-refractivity contribution in [1.82, 2.24) is 0 Å². The Morgan fingerprint density at radius 1 is 0.870 bits per heavy atom. The van der Waals surface area contributed by atoms with Gasteiger partial charge in [-0.2, -0.15) is 0 Å². The number of rotatable bonds is 2. The first-order valence-electron chi connectivity index (χ1n) is 8.10. The Bertz CT molecular complexity index is 970. The molecule has 2 nitrogen and oxygen atoms in total. The summed E-state index contributed by atoms with van der Waals surface area (Å²) in [5, 5.41) is 4.73. The molecule has 1 saturated carbocycles. The quantitative estimate of drug-likeness (QED) is 0.514. The number of carbonyl (C=O) groups excluding carboxylic acids is 1. The molecule has 0 amide bonds. The van der Waals surface area contributed by atoms with Gasteiger partial charge >= 0.3 is 0 Å². The van der Waals surface area contributed by atoms with E-state index in [2.05, 4.69) is 42.5 Å². The lowest BCUT2D eigenvalue weighted by Crippen LogP contribution is -2.23. The number of carbonyl (C=O) groups is 1. The lowest BCUT2D eigenvalue weighted by Gasteiger charge is -2.20. The van der Waals surface area contributed by atoms with Crippen molar-refractivity contribution in [3.05, 3.63) is 66.7 Å². The highest BCUT2D eigenvalue weighted by Crippen LogP contribution is 2.40. The van der Waals surface area contributed by atoms with Crippen LogP contribution in [0.4, 0.5) is 0 Å². The summed E-state index contributed by atoms with van der Waals surface area (Å²) in [4.78, 5) is 12.1. The van der Waals surface area contributed by atoms with Gasteiger partial charge in [-0.25, -0.2) is 0 Å². The molecule has 2 aliphatic carbocycles. The van der Waals surface area contributed by atoms with Crippen LogP contribution < -0.4 is 4.74 Å². The Morgan fingerprint density at radius 2 is 1.65 bits per heavy atom. The molecule has 2 heteroatoms. The molecule has 0 saturated heterocycles. The fraction of sp³-hybridized carbons (Fsp3) is 0.190. The maximum absolute atomic E-state index is 12.1. The summed E-state index contributed by atoms with van der Waals surface area (Å²) in [5.41, 5.74) is 0. The number of allylic oxidation sites excluding steroid dienone is 1. The first kappa shape index (κ1) is 12.9. The summed E-state index contributed by atoms with van der Waals surface area (Å²) in [6.07, 6.45) is 4.84. The third-order valence-corrected chi connectivity index (χ3v) is 5.12. The zero-order valence-electron chi connectivity index (χ0n) is 12.6. The molecule has 0 radical (unpaired) electrons. The Balaban J connectivity index is 1.60. The molecule has 3 aromatic carbocycles. The second-order valence-corrected chi connectivity index (χ2v) is 6.49. The molecule has 2 bridgehead atoms. The van der Waals surface area contributed by atoms with Gasteiger partial charge in [0.1, 0.15) is 17.6 Å². The first-order chi connectivity index (χ1) is 11.3. The fourth-order valence-corrected chi connectivity index (χ4v) is 3.91. The van der Waals surface area contributed by atoms with Crippen molar-refractivity contribution < 1.29 is 9.53 Å². The Hall–Kier alpha value is -2.61. The highest BCUT2D eigenvalue weighted by molar-refractivity contribution is 6.01. The van der Waals surface area contributed by atoms with E-state index in [0.29, 0.717) is 5.78 Å². The van der Waals surface area contributed by atoms with Gasteiger partial charge < -0.3 is 4.74 Å². The van der Waals surface area contributed by atoms with Crippen LogP contribution in [0.3, 0.4) is 0 Å². The monoisotopic (exact) mass is 300 g/mol. The highest BCUT2D eigenvalue weighted by Gasteiger charge is 2.45. The molecule has 3 atom stereocenters. The zero-order chi connectivity index (χ0) is 15.4. The average Bonchev–Trinajstić information content (AvgIpc) is 3.08. The Labute approximate surface area is 134 Å². The number of benzene rings is 3. The topological polar surface area (TPSA) is 26.3 Å². The van der Waals surface area contributed by atoms with Gasteiger partial charge in [0.15, 0.2) is 0 Å². The van der Waals surface area contributed by atoms with Gasteiger partial charge in [0, 0.05) is 11.3 Å². The summed E-state index contributed by atoms with van der Waals surface area (Å²) in [7, 11) is 0. The third-order valence-electron chi connectivity index (χ3n) is 5.12. The number of hydrogen-bond donors (Lipinski definition) is 0. The van der Waals surface area contributed by atoms with Gasteiger partial charge in [-0.15, -0.1) is 0 Å². The molecule has 0 aromatic heterocycles. The van der Waals surface area contributed by atoms with Crippen molar-refractivity contribution in [1.29, 1.82) is 0 Å². The van der Waals surface area contributed by atoms with E-state index in [4.69, 9.17) is 4.74 Å². The van der Waals surface area contributed by atoms with Crippen molar-refractivity contribution in [2.75, 3.05) is 0 Å². The summed E-state index contributed by atoms with van der Waals surface area (Å²) in [6.45, 7) is 0. The van der Waals surface area contributed by atoms with Crippen LogP contribution in [0.5, 0.6) is 5.75 Å². The lowest BCUT2D eigenvalue weighted by molar-refractivity contribution is -0.121. The van der Waals surface area contributed by atoms with Crippen LogP contribution in [0.25, 0.3) is 21.5 Å². The molecule has 0 aliphatic heterocycles. The Morgan fingerprint density at radius 3 is 2.39 bits per heavy atom. The minimum atomic E-state index is -0.0595. The molecule has 112 valence electrons. The number of ether oxygens (including phenoxy) is 1. The van der Waals surface area contributed by atoms with Crippen LogP contribution >= 0.6 is 0 Å². The predicted molar refractivity (Wildman–Crippen MR) is 91.6 cm³/mol. The minimum Gasteiger partial charge on any atom is -0.489 e. The molecule has 1 fully saturated rings. The van der Waals surface area contributed by atoms with Gasteiger partial charge in [-0.05, 0) is 40.8 Å². The molecule has 2 aliphatic rings. The largest absolute Gasteiger partial charge is 0.489 e. The number of ketones is 1. The predicted octanol–water partition coefficient (Wildman–Crippen LogP) is 4.52. The van der Waals surface area contributed by atoms with E-state index in [-0.39, 0.29) is 17.9 Å². The molecular formula is C21H16O2. The molecular weight excluding hydrogens is 284 g/mol. The maximum Gasteiger partial charge on any atom is 0.150 e. The molecule has 0 N–H and O–H groups in total. The van der Waals surface area contributed by atoms with E-state index in [9.17, 15) is 4.79 Å². The smallest absolute Gasteiger partial charge is 0.150 e. The Kier molecular flexibility index (Phi) is 2.63. The van der Waals surface area contributed by atoms with Gasteiger partial charge in [-0.1, -0.05) is 48.6 Å². The minimum absolute atomic E-state index is 0.0189. The van der Waals surface area contributed by atoms with Crippen LogP contribution in [0.15, 0.2) is 66.7 Å². The van der Waals surface area contributed by atoms with Crippen molar-refractivity contribution in [3.8, 4) is 5.75 Å². The molecule has 3 unspecified atom stereocenters. The van der Waals surface area contributed by atoms with Crippen molar-refractivity contribution in [3.63, 3.8) is 0 Å². The second-order valence-electron chi connectivity index (χ2n) is 6.49. The van der Waals surface area contributed by atoms with E-state index in [1.807, 2.05) is 24.3 Å². The van der Waals surface area contributed by atoms with Crippen LogP contribution in [0.1, 0.15) is 6.42 Å². The zero-order valence-corrected chi connectivity index (χ0v) is 12.6. The van der Waals surface area contributed by atoms with Gasteiger partial charge in [-0.3, -0.25) is 4.79 Å². The molecule has 0 heterocycles. The van der Waals surface area contributed by atoms with Crippen LogP contribution in [-0.4, -0.2) is 11.9 Å². The number of fused-ring (bicyclic) bond motifs is 4. The summed E-state index contributed by atoms with van der Waals surface area (Å²) in [5.74, 6) is 1.21. The van der Waals surface area contributed by atoms with Crippen molar-refractivity contribution in [2.45, 2.75) is 12.5 Å². The maximum atomic E-state index is 12.1. The normalized spacial score (nSPS) is 25.6. The van der Waals surface area contributed by atoms with Crippen LogP contribution in [0.2, 0.25) is 0 Å². The molecule has 0 spiro atoms. The van der Waals surface area contributed by atoms with E-state index in [0.717, 1.165) is 17.6 Å².